The molecule has 1 heterocycles. The molecule has 0 saturated carbocycles. The number of sulfone groups is 1. The Balaban J connectivity index is 1.98. The summed E-state index contributed by atoms with van der Waals surface area (Å²) in [4.78, 5) is 16.4. The van der Waals surface area contributed by atoms with Crippen molar-refractivity contribution in [3.05, 3.63) is 77.5 Å². The summed E-state index contributed by atoms with van der Waals surface area (Å²) >= 11 is 0. The quantitative estimate of drug-likeness (QED) is 0.600. The molecule has 3 aromatic rings. The van der Waals surface area contributed by atoms with Crippen molar-refractivity contribution in [3.63, 3.8) is 0 Å². The number of amides is 1. The van der Waals surface area contributed by atoms with Crippen LogP contribution in [0.25, 0.3) is 0 Å². The minimum Gasteiger partial charge on any atom is -0.438 e. The SMILES string of the molecule is Cc1ccc(Oc2ncc(C(F)(F)F)cc2C(=O)Nc2cccc(S(C)(=O)=O)c2)cc1. The van der Waals surface area contributed by atoms with E-state index in [9.17, 15) is 26.4 Å². The van der Waals surface area contributed by atoms with Crippen molar-refractivity contribution in [1.29, 1.82) is 0 Å². The van der Waals surface area contributed by atoms with Crippen LogP contribution in [0.3, 0.4) is 0 Å². The summed E-state index contributed by atoms with van der Waals surface area (Å²) in [6.45, 7) is 1.85. The van der Waals surface area contributed by atoms with Crippen LogP contribution in [-0.4, -0.2) is 25.6 Å². The van der Waals surface area contributed by atoms with Gasteiger partial charge in [0.1, 0.15) is 11.3 Å². The third-order valence-electron chi connectivity index (χ3n) is 4.18. The van der Waals surface area contributed by atoms with Gasteiger partial charge in [-0.25, -0.2) is 13.4 Å². The molecular formula is C21H17F3N2O4S. The number of aromatic nitrogens is 1. The highest BCUT2D eigenvalue weighted by molar-refractivity contribution is 7.90. The fourth-order valence-corrected chi connectivity index (χ4v) is 3.24. The number of halogens is 3. The summed E-state index contributed by atoms with van der Waals surface area (Å²) in [5.74, 6) is -0.981. The van der Waals surface area contributed by atoms with Gasteiger partial charge in [0, 0.05) is 18.1 Å². The number of rotatable bonds is 5. The van der Waals surface area contributed by atoms with E-state index in [2.05, 4.69) is 10.3 Å². The summed E-state index contributed by atoms with van der Waals surface area (Å²) in [6, 6.07) is 12.6. The van der Waals surface area contributed by atoms with Crippen LogP contribution < -0.4 is 10.1 Å². The maximum Gasteiger partial charge on any atom is 0.417 e. The van der Waals surface area contributed by atoms with Gasteiger partial charge in [0.05, 0.1) is 10.5 Å². The van der Waals surface area contributed by atoms with Gasteiger partial charge < -0.3 is 10.1 Å². The van der Waals surface area contributed by atoms with E-state index >= 15 is 0 Å². The highest BCUT2D eigenvalue weighted by atomic mass is 32.2. The Morgan fingerprint density at radius 3 is 2.35 bits per heavy atom. The molecule has 0 saturated heterocycles. The Kier molecular flexibility index (Phi) is 6.03. The predicted octanol–water partition coefficient (Wildman–Crippen LogP) is 4.86. The van der Waals surface area contributed by atoms with Gasteiger partial charge in [0.2, 0.25) is 5.88 Å². The molecule has 162 valence electrons. The van der Waals surface area contributed by atoms with Gasteiger partial charge in [-0.1, -0.05) is 23.8 Å². The first-order valence-corrected chi connectivity index (χ1v) is 10.8. The number of alkyl halides is 3. The van der Waals surface area contributed by atoms with Crippen molar-refractivity contribution in [2.75, 3.05) is 11.6 Å². The monoisotopic (exact) mass is 450 g/mol. The Bertz CT molecular complexity index is 1220. The standard InChI is InChI=1S/C21H17F3N2O4S/c1-13-6-8-16(9-7-13)30-20-18(10-14(12-25-20)21(22,23)24)19(27)26-15-4-3-5-17(11-15)31(2,28)29/h3-12H,1-2H3,(H,26,27). The molecule has 0 aliphatic heterocycles. The highest BCUT2D eigenvalue weighted by Crippen LogP contribution is 2.33. The zero-order valence-corrected chi connectivity index (χ0v) is 17.2. The first kappa shape index (κ1) is 22.3. The first-order chi connectivity index (χ1) is 14.4. The van der Waals surface area contributed by atoms with Crippen LogP contribution >= 0.6 is 0 Å². The zero-order chi connectivity index (χ0) is 22.8. The van der Waals surface area contributed by atoms with Gasteiger partial charge in [-0.2, -0.15) is 13.2 Å². The average Bonchev–Trinajstić information content (AvgIpc) is 2.68. The molecule has 0 aliphatic rings. The molecule has 1 aromatic heterocycles. The number of hydrogen-bond donors (Lipinski definition) is 1. The summed E-state index contributed by atoms with van der Waals surface area (Å²) in [5, 5.41) is 2.39. The van der Waals surface area contributed by atoms with E-state index in [4.69, 9.17) is 4.74 Å². The van der Waals surface area contributed by atoms with Crippen LogP contribution in [0, 0.1) is 6.92 Å². The van der Waals surface area contributed by atoms with E-state index in [0.29, 0.717) is 12.3 Å². The third kappa shape index (κ3) is 5.60. The molecule has 2 aromatic carbocycles. The number of aryl methyl sites for hydroxylation is 1. The molecule has 0 aliphatic carbocycles. The smallest absolute Gasteiger partial charge is 0.417 e. The molecule has 3 rings (SSSR count). The number of ether oxygens (including phenoxy) is 1. The van der Waals surface area contributed by atoms with Crippen LogP contribution in [0.1, 0.15) is 21.5 Å². The fourth-order valence-electron chi connectivity index (χ4n) is 2.57. The Morgan fingerprint density at radius 2 is 1.74 bits per heavy atom. The number of anilines is 1. The summed E-state index contributed by atoms with van der Waals surface area (Å²) in [5.41, 5.74) is -0.554. The molecule has 0 bridgehead atoms. The minimum absolute atomic E-state index is 0.0522. The topological polar surface area (TPSA) is 85.4 Å². The largest absolute Gasteiger partial charge is 0.438 e. The molecule has 31 heavy (non-hydrogen) atoms. The van der Waals surface area contributed by atoms with Crippen LogP contribution in [0.4, 0.5) is 18.9 Å². The maximum atomic E-state index is 13.2. The number of hydrogen-bond acceptors (Lipinski definition) is 5. The van der Waals surface area contributed by atoms with E-state index in [0.717, 1.165) is 11.8 Å². The van der Waals surface area contributed by atoms with Gasteiger partial charge in [0.25, 0.3) is 5.91 Å². The first-order valence-electron chi connectivity index (χ1n) is 8.87. The van der Waals surface area contributed by atoms with Crippen molar-refractivity contribution in [2.24, 2.45) is 0 Å². The van der Waals surface area contributed by atoms with Gasteiger partial charge in [0.15, 0.2) is 9.84 Å². The van der Waals surface area contributed by atoms with Crippen LogP contribution in [0.5, 0.6) is 11.6 Å². The Labute approximate surface area is 176 Å². The van der Waals surface area contributed by atoms with Crippen molar-refractivity contribution >= 4 is 21.4 Å². The molecule has 0 fully saturated rings. The van der Waals surface area contributed by atoms with Gasteiger partial charge in [-0.05, 0) is 43.3 Å². The molecule has 6 nitrogen and oxygen atoms in total. The Morgan fingerprint density at radius 1 is 1.06 bits per heavy atom. The summed E-state index contributed by atoms with van der Waals surface area (Å²) < 4.78 is 68.5. The number of nitrogens with one attached hydrogen (secondary N) is 1. The molecule has 0 atom stereocenters. The molecule has 0 radical (unpaired) electrons. The lowest BCUT2D eigenvalue weighted by atomic mass is 10.1. The second kappa shape index (κ2) is 8.38. The molecular weight excluding hydrogens is 433 g/mol. The van der Waals surface area contributed by atoms with E-state index < -0.39 is 33.0 Å². The highest BCUT2D eigenvalue weighted by Gasteiger charge is 2.33. The van der Waals surface area contributed by atoms with E-state index in [1.807, 2.05) is 6.92 Å². The van der Waals surface area contributed by atoms with Crippen molar-refractivity contribution in [1.82, 2.24) is 4.98 Å². The van der Waals surface area contributed by atoms with Crippen molar-refractivity contribution in [3.8, 4) is 11.6 Å². The van der Waals surface area contributed by atoms with Crippen LogP contribution in [-0.2, 0) is 16.0 Å². The maximum absolute atomic E-state index is 13.2. The van der Waals surface area contributed by atoms with E-state index in [1.165, 1.54) is 24.3 Å². The third-order valence-corrected chi connectivity index (χ3v) is 5.29. The average molecular weight is 450 g/mol. The minimum atomic E-state index is -4.72. The second-order valence-corrected chi connectivity index (χ2v) is 8.76. The number of benzene rings is 2. The van der Waals surface area contributed by atoms with E-state index in [1.54, 1.807) is 24.3 Å². The molecule has 0 spiro atoms. The Hall–Kier alpha value is -3.40. The summed E-state index contributed by atoms with van der Waals surface area (Å²) in [7, 11) is -3.54. The molecule has 10 heteroatoms. The van der Waals surface area contributed by atoms with Crippen LogP contribution in [0.2, 0.25) is 0 Å². The lowest BCUT2D eigenvalue weighted by Gasteiger charge is -2.14. The van der Waals surface area contributed by atoms with Crippen molar-refractivity contribution in [2.45, 2.75) is 18.0 Å². The predicted molar refractivity (Wildman–Crippen MR) is 108 cm³/mol. The zero-order valence-electron chi connectivity index (χ0n) is 16.4. The lowest BCUT2D eigenvalue weighted by Crippen LogP contribution is -2.16. The van der Waals surface area contributed by atoms with Gasteiger partial charge >= 0.3 is 6.18 Å². The lowest BCUT2D eigenvalue weighted by molar-refractivity contribution is -0.137. The van der Waals surface area contributed by atoms with Crippen LogP contribution in [0.15, 0.2) is 65.7 Å². The van der Waals surface area contributed by atoms with Gasteiger partial charge in [-0.3, -0.25) is 4.79 Å². The normalized spacial score (nSPS) is 11.8. The number of pyridine rings is 1. The molecule has 1 amide bonds. The van der Waals surface area contributed by atoms with Crippen molar-refractivity contribution < 1.29 is 31.1 Å². The fraction of sp³-hybridized carbons (Fsp3) is 0.143. The second-order valence-electron chi connectivity index (χ2n) is 6.74. The number of nitrogens with zero attached hydrogens (tertiary/aromatic N) is 1. The van der Waals surface area contributed by atoms with E-state index in [-0.39, 0.29) is 22.2 Å². The number of carbonyl (C=O) groups is 1. The number of carbonyl (C=O) groups excluding carboxylic acids is 1. The molecule has 1 N–H and O–H groups in total. The molecule has 0 unspecified atom stereocenters. The summed E-state index contributed by atoms with van der Waals surface area (Å²) in [6.07, 6.45) is -3.15. The van der Waals surface area contributed by atoms with Gasteiger partial charge in [-0.15, -0.1) is 0 Å².